The highest BCUT2D eigenvalue weighted by atomic mass is 28.4. The Morgan fingerprint density at radius 3 is 2.26 bits per heavy atom. The molecular weight excluding hydrogens is 470 g/mol. The molecule has 1 N–H and O–H groups in total. The molecule has 1 aliphatic rings. The van der Waals surface area contributed by atoms with Crippen LogP contribution in [-0.4, -0.2) is 45.0 Å². The van der Waals surface area contributed by atoms with Gasteiger partial charge in [0.05, 0.1) is 19.3 Å². The fourth-order valence-corrected chi connectivity index (χ4v) is 5.54. The van der Waals surface area contributed by atoms with Crippen molar-refractivity contribution in [2.75, 3.05) is 6.61 Å². The van der Waals surface area contributed by atoms with Gasteiger partial charge in [-0.2, -0.15) is 0 Å². The zero-order valence-corrected chi connectivity index (χ0v) is 24.3. The molecule has 1 aliphatic heterocycles. The summed E-state index contributed by atoms with van der Waals surface area (Å²) in [6, 6.07) is 0. The maximum absolute atomic E-state index is 12.6. The zero-order chi connectivity index (χ0) is 26.1. The summed E-state index contributed by atoms with van der Waals surface area (Å²) in [5.41, 5.74) is 7.66. The molecule has 0 spiro atoms. The molecule has 192 valence electrons. The average molecular weight is 512 g/mol. The van der Waals surface area contributed by atoms with Crippen LogP contribution in [0.4, 0.5) is 0 Å². The van der Waals surface area contributed by atoms with Crippen LogP contribution < -0.4 is 11.2 Å². The van der Waals surface area contributed by atoms with Crippen LogP contribution in [0.3, 0.4) is 0 Å². The summed E-state index contributed by atoms with van der Waals surface area (Å²) in [7, 11) is -4.16. The summed E-state index contributed by atoms with van der Waals surface area (Å²) < 4.78 is 20.9. The highest BCUT2D eigenvalue weighted by Gasteiger charge is 2.46. The van der Waals surface area contributed by atoms with E-state index in [1.54, 1.807) is 0 Å². The van der Waals surface area contributed by atoms with Gasteiger partial charge in [0.25, 0.3) is 5.56 Å². The first-order chi connectivity index (χ1) is 15.4. The molecule has 0 aromatic carbocycles. The number of H-pyrrole nitrogens is 1. The third kappa shape index (κ3) is 6.49. The van der Waals surface area contributed by atoms with E-state index in [0.717, 1.165) is 0 Å². The van der Waals surface area contributed by atoms with Crippen molar-refractivity contribution >= 4 is 16.6 Å². The van der Waals surface area contributed by atoms with E-state index in [9.17, 15) is 9.59 Å². The van der Waals surface area contributed by atoms with Crippen molar-refractivity contribution in [1.82, 2.24) is 9.55 Å². The Kier molecular flexibility index (Phi) is 8.49. The van der Waals surface area contributed by atoms with Crippen LogP contribution in [0.15, 0.2) is 20.9 Å². The fraction of sp³-hybridized carbons (Fsp3) is 0.818. The number of nitrogens with one attached hydrogen (secondary N) is 1. The van der Waals surface area contributed by atoms with Gasteiger partial charge in [-0.3, -0.25) is 14.3 Å². The van der Waals surface area contributed by atoms with Crippen LogP contribution in [0.1, 0.15) is 59.8 Å². The predicted octanol–water partition coefficient (Wildman–Crippen LogP) is 5.05. The van der Waals surface area contributed by atoms with Crippen molar-refractivity contribution in [2.24, 2.45) is 5.11 Å². The quantitative estimate of drug-likeness (QED) is 0.226. The van der Waals surface area contributed by atoms with Crippen molar-refractivity contribution in [3.63, 3.8) is 0 Å². The van der Waals surface area contributed by atoms with E-state index in [4.69, 9.17) is 19.1 Å². The number of aromatic amines is 1. The summed E-state index contributed by atoms with van der Waals surface area (Å²) in [5.74, 6) is 0. The molecule has 2 rings (SSSR count). The molecule has 0 unspecified atom stereocenters. The largest absolute Gasteiger partial charge is 0.414 e. The summed E-state index contributed by atoms with van der Waals surface area (Å²) in [6.07, 6.45) is 0.631. The molecule has 0 amide bonds. The molecule has 10 nitrogen and oxygen atoms in total. The second kappa shape index (κ2) is 10.1. The van der Waals surface area contributed by atoms with Crippen molar-refractivity contribution in [2.45, 2.75) is 109 Å². The van der Waals surface area contributed by atoms with Gasteiger partial charge in [-0.1, -0.05) is 46.7 Å². The number of rotatable bonds is 8. The molecular formula is C22H41N5O5Si2. The lowest BCUT2D eigenvalue weighted by Gasteiger charge is -2.40. The average Bonchev–Trinajstić information content (AvgIpc) is 3.05. The van der Waals surface area contributed by atoms with E-state index in [-0.39, 0.29) is 34.4 Å². The van der Waals surface area contributed by atoms with Gasteiger partial charge in [-0.15, -0.1) is 0 Å². The van der Waals surface area contributed by atoms with E-state index in [1.165, 1.54) is 10.8 Å². The Bertz CT molecular complexity index is 1030. The van der Waals surface area contributed by atoms with Gasteiger partial charge < -0.3 is 13.6 Å². The molecule has 3 atom stereocenters. The second-order valence-electron chi connectivity index (χ2n) is 12.1. The molecule has 34 heavy (non-hydrogen) atoms. The Morgan fingerprint density at radius 1 is 1.15 bits per heavy atom. The first kappa shape index (κ1) is 28.5. The van der Waals surface area contributed by atoms with Crippen molar-refractivity contribution in [1.29, 1.82) is 0 Å². The molecule has 1 saturated heterocycles. The number of aromatic nitrogens is 2. The summed E-state index contributed by atoms with van der Waals surface area (Å²) in [6.45, 7) is 22.1. The third-order valence-electron chi connectivity index (χ3n) is 7.50. The number of hydrogen-bond donors (Lipinski definition) is 1. The normalized spacial score (nSPS) is 22.0. The molecule has 0 bridgehead atoms. The van der Waals surface area contributed by atoms with Gasteiger partial charge in [0.2, 0.25) is 0 Å². The van der Waals surface area contributed by atoms with Crippen LogP contribution in [0, 0.1) is 0 Å². The minimum atomic E-state index is -2.13. The standard InChI is InChI=1S/C22H41N5O5Si2/c1-21(2,3)33(7,8)30-14-17-16(32-34(9,10)22(4,5)6)11-18(31-17)27-13-15(12-24-26-23)19(28)25-20(27)29/h13,16-18H,11-12,14H2,1-10H3,(H,25,28,29)/t16-,17-,18-/m1/s1. The Morgan fingerprint density at radius 2 is 1.74 bits per heavy atom. The van der Waals surface area contributed by atoms with Gasteiger partial charge in [0.1, 0.15) is 12.3 Å². The highest BCUT2D eigenvalue weighted by molar-refractivity contribution is 6.74. The molecule has 0 saturated carbocycles. The Labute approximate surface area is 203 Å². The van der Waals surface area contributed by atoms with E-state index >= 15 is 0 Å². The lowest BCUT2D eigenvalue weighted by Crippen LogP contribution is -2.48. The van der Waals surface area contributed by atoms with Gasteiger partial charge in [-0.25, -0.2) is 4.79 Å². The second-order valence-corrected chi connectivity index (χ2v) is 21.6. The maximum Gasteiger partial charge on any atom is 0.330 e. The molecule has 1 aromatic heterocycles. The highest BCUT2D eigenvalue weighted by Crippen LogP contribution is 2.42. The topological polar surface area (TPSA) is 131 Å². The summed E-state index contributed by atoms with van der Waals surface area (Å²) in [5, 5.41) is 3.51. The Hall–Kier alpha value is -1.70. The van der Waals surface area contributed by atoms with Gasteiger partial charge in [0.15, 0.2) is 16.6 Å². The molecule has 0 aliphatic carbocycles. The van der Waals surface area contributed by atoms with Crippen molar-refractivity contribution in [3.05, 3.63) is 43.0 Å². The lowest BCUT2D eigenvalue weighted by molar-refractivity contribution is -0.0413. The molecule has 2 heterocycles. The van der Waals surface area contributed by atoms with Gasteiger partial charge >= 0.3 is 5.69 Å². The number of ether oxygens (including phenoxy) is 1. The number of nitrogens with zero attached hydrogens (tertiary/aromatic N) is 4. The SMILES string of the molecule is CC(C)(C)[Si](C)(C)OC[C@H]1O[C@@H](n2cc(CN=[N+]=[N-])c(=O)[nH]c2=O)C[C@H]1O[Si](C)(C)C(C)(C)C. The van der Waals surface area contributed by atoms with Crippen LogP contribution in [-0.2, 0) is 20.1 Å². The lowest BCUT2D eigenvalue weighted by atomic mass is 10.2. The summed E-state index contributed by atoms with van der Waals surface area (Å²) >= 11 is 0. The van der Waals surface area contributed by atoms with Crippen LogP contribution >= 0.6 is 0 Å². The van der Waals surface area contributed by atoms with Crippen LogP contribution in [0.2, 0.25) is 36.3 Å². The van der Waals surface area contributed by atoms with Crippen LogP contribution in [0.25, 0.3) is 10.4 Å². The minimum Gasteiger partial charge on any atom is -0.414 e. The predicted molar refractivity (Wildman–Crippen MR) is 138 cm³/mol. The van der Waals surface area contributed by atoms with E-state index in [2.05, 4.69) is 82.7 Å². The zero-order valence-electron chi connectivity index (χ0n) is 22.3. The maximum atomic E-state index is 12.6. The molecule has 1 fully saturated rings. The number of hydrogen-bond acceptors (Lipinski definition) is 6. The smallest absolute Gasteiger partial charge is 0.330 e. The van der Waals surface area contributed by atoms with E-state index in [0.29, 0.717) is 13.0 Å². The molecule has 0 radical (unpaired) electrons. The van der Waals surface area contributed by atoms with E-state index in [1.807, 2.05) is 0 Å². The monoisotopic (exact) mass is 511 g/mol. The third-order valence-corrected chi connectivity index (χ3v) is 16.5. The van der Waals surface area contributed by atoms with Gasteiger partial charge in [0, 0.05) is 23.1 Å². The van der Waals surface area contributed by atoms with Crippen molar-refractivity contribution < 1.29 is 13.6 Å². The number of azide groups is 1. The molecule has 1 aromatic rings. The first-order valence-corrected chi connectivity index (χ1v) is 17.5. The molecule has 12 heteroatoms. The van der Waals surface area contributed by atoms with Crippen LogP contribution in [0.5, 0.6) is 0 Å². The van der Waals surface area contributed by atoms with E-state index < -0.39 is 34.1 Å². The van der Waals surface area contributed by atoms with Crippen molar-refractivity contribution in [3.8, 4) is 0 Å². The fourth-order valence-electron chi connectivity index (χ4n) is 3.17. The minimum absolute atomic E-state index is 0.00716. The summed E-state index contributed by atoms with van der Waals surface area (Å²) in [4.78, 5) is 29.8. The Balaban J connectivity index is 2.38. The van der Waals surface area contributed by atoms with Gasteiger partial charge in [-0.05, 0) is 41.8 Å². The first-order valence-electron chi connectivity index (χ1n) is 11.7.